The summed E-state index contributed by atoms with van der Waals surface area (Å²) in [6.45, 7) is 6.09. The number of aryl methyl sites for hydroxylation is 1. The Morgan fingerprint density at radius 1 is 1.38 bits per heavy atom. The third-order valence-corrected chi connectivity index (χ3v) is 2.73. The molecular weight excluding hydrogens is 202 g/mol. The molecule has 0 aliphatic carbocycles. The molecule has 0 unspecified atom stereocenters. The van der Waals surface area contributed by atoms with E-state index in [1.165, 1.54) is 0 Å². The highest BCUT2D eigenvalue weighted by molar-refractivity contribution is 5.30. The number of aromatic nitrogens is 2. The molecule has 0 bridgehead atoms. The van der Waals surface area contributed by atoms with E-state index in [0.717, 1.165) is 37.8 Å². The SMILES string of the molecule is Cc1ccnc(N2CCN(CC#N)CC2)n1. The maximum absolute atomic E-state index is 8.61. The van der Waals surface area contributed by atoms with Crippen molar-refractivity contribution in [3.05, 3.63) is 18.0 Å². The van der Waals surface area contributed by atoms with E-state index in [9.17, 15) is 0 Å². The average molecular weight is 217 g/mol. The van der Waals surface area contributed by atoms with Gasteiger partial charge in [-0.3, -0.25) is 4.90 Å². The van der Waals surface area contributed by atoms with Gasteiger partial charge in [0.25, 0.3) is 0 Å². The first-order valence-corrected chi connectivity index (χ1v) is 5.43. The highest BCUT2D eigenvalue weighted by atomic mass is 15.3. The van der Waals surface area contributed by atoms with Crippen molar-refractivity contribution in [2.75, 3.05) is 37.6 Å². The van der Waals surface area contributed by atoms with Gasteiger partial charge in [-0.1, -0.05) is 0 Å². The fourth-order valence-corrected chi connectivity index (χ4v) is 1.79. The quantitative estimate of drug-likeness (QED) is 0.672. The smallest absolute Gasteiger partial charge is 0.225 e. The Labute approximate surface area is 95.3 Å². The Morgan fingerprint density at radius 3 is 2.75 bits per heavy atom. The minimum absolute atomic E-state index is 0.516. The minimum Gasteiger partial charge on any atom is -0.338 e. The summed E-state index contributed by atoms with van der Waals surface area (Å²) in [5.74, 6) is 0.802. The van der Waals surface area contributed by atoms with E-state index in [2.05, 4.69) is 25.8 Å². The lowest BCUT2D eigenvalue weighted by molar-refractivity contribution is 0.285. The molecule has 1 fully saturated rings. The minimum atomic E-state index is 0.516. The van der Waals surface area contributed by atoms with E-state index in [1.54, 1.807) is 6.20 Å². The summed E-state index contributed by atoms with van der Waals surface area (Å²) in [6, 6.07) is 4.08. The van der Waals surface area contributed by atoms with Crippen LogP contribution in [0.4, 0.5) is 5.95 Å². The van der Waals surface area contributed by atoms with E-state index in [1.807, 2.05) is 13.0 Å². The molecule has 0 atom stereocenters. The molecule has 0 radical (unpaired) electrons. The van der Waals surface area contributed by atoms with Gasteiger partial charge < -0.3 is 4.90 Å². The molecule has 5 heteroatoms. The molecule has 1 aromatic rings. The lowest BCUT2D eigenvalue weighted by Gasteiger charge is -2.33. The fourth-order valence-electron chi connectivity index (χ4n) is 1.79. The van der Waals surface area contributed by atoms with Gasteiger partial charge in [-0.2, -0.15) is 5.26 Å². The molecule has 0 aromatic carbocycles. The molecule has 1 saturated heterocycles. The van der Waals surface area contributed by atoms with E-state index >= 15 is 0 Å². The third-order valence-electron chi connectivity index (χ3n) is 2.73. The van der Waals surface area contributed by atoms with Crippen LogP contribution >= 0.6 is 0 Å². The molecule has 1 aliphatic heterocycles. The molecular formula is C11H15N5. The van der Waals surface area contributed by atoms with Crippen molar-refractivity contribution in [3.63, 3.8) is 0 Å². The summed E-state index contributed by atoms with van der Waals surface area (Å²) in [6.07, 6.45) is 1.79. The van der Waals surface area contributed by atoms with E-state index in [0.29, 0.717) is 6.54 Å². The van der Waals surface area contributed by atoms with Crippen molar-refractivity contribution in [3.8, 4) is 6.07 Å². The zero-order chi connectivity index (χ0) is 11.4. The predicted octanol–water partition coefficient (Wildman–Crippen LogP) is 0.431. The molecule has 5 nitrogen and oxygen atoms in total. The second kappa shape index (κ2) is 4.90. The average Bonchev–Trinajstić information content (AvgIpc) is 2.30. The van der Waals surface area contributed by atoms with Gasteiger partial charge in [-0.25, -0.2) is 9.97 Å². The first-order valence-electron chi connectivity index (χ1n) is 5.43. The number of hydrogen-bond acceptors (Lipinski definition) is 5. The molecule has 16 heavy (non-hydrogen) atoms. The van der Waals surface area contributed by atoms with Crippen molar-refractivity contribution < 1.29 is 0 Å². The first-order chi connectivity index (χ1) is 7.79. The number of hydrogen-bond donors (Lipinski definition) is 0. The molecule has 0 spiro atoms. The first kappa shape index (κ1) is 10.8. The molecule has 2 heterocycles. The molecule has 0 amide bonds. The molecule has 0 saturated carbocycles. The number of anilines is 1. The van der Waals surface area contributed by atoms with Gasteiger partial charge in [0.1, 0.15) is 0 Å². The van der Waals surface area contributed by atoms with Gasteiger partial charge in [0.2, 0.25) is 5.95 Å². The Balaban J connectivity index is 1.97. The van der Waals surface area contributed by atoms with Gasteiger partial charge in [-0.05, 0) is 13.0 Å². The second-order valence-electron chi connectivity index (χ2n) is 3.92. The van der Waals surface area contributed by atoms with Crippen LogP contribution in [-0.4, -0.2) is 47.6 Å². The van der Waals surface area contributed by atoms with E-state index in [4.69, 9.17) is 5.26 Å². The Bertz CT molecular complexity index is 390. The van der Waals surface area contributed by atoms with Crippen LogP contribution < -0.4 is 4.90 Å². The third kappa shape index (κ3) is 2.47. The van der Waals surface area contributed by atoms with Crippen LogP contribution in [0.15, 0.2) is 12.3 Å². The van der Waals surface area contributed by atoms with Crippen molar-refractivity contribution in [1.82, 2.24) is 14.9 Å². The number of nitrogens with zero attached hydrogens (tertiary/aromatic N) is 5. The van der Waals surface area contributed by atoms with Crippen molar-refractivity contribution in [2.45, 2.75) is 6.92 Å². The zero-order valence-electron chi connectivity index (χ0n) is 9.43. The van der Waals surface area contributed by atoms with Crippen LogP contribution in [0, 0.1) is 18.3 Å². The highest BCUT2D eigenvalue weighted by Gasteiger charge is 2.18. The maximum atomic E-state index is 8.61. The van der Waals surface area contributed by atoms with Gasteiger partial charge in [0.15, 0.2) is 0 Å². The van der Waals surface area contributed by atoms with Gasteiger partial charge in [-0.15, -0.1) is 0 Å². The largest absolute Gasteiger partial charge is 0.338 e. The maximum Gasteiger partial charge on any atom is 0.225 e. The summed E-state index contributed by atoms with van der Waals surface area (Å²) >= 11 is 0. The monoisotopic (exact) mass is 217 g/mol. The molecule has 1 aliphatic rings. The Kier molecular flexibility index (Phi) is 3.32. The highest BCUT2D eigenvalue weighted by Crippen LogP contribution is 2.10. The van der Waals surface area contributed by atoms with Crippen LogP contribution in [0.3, 0.4) is 0 Å². The summed E-state index contributed by atoms with van der Waals surface area (Å²) in [5, 5.41) is 8.61. The van der Waals surface area contributed by atoms with Gasteiger partial charge in [0.05, 0.1) is 12.6 Å². The summed E-state index contributed by atoms with van der Waals surface area (Å²) < 4.78 is 0. The van der Waals surface area contributed by atoms with Crippen molar-refractivity contribution in [1.29, 1.82) is 5.26 Å². The van der Waals surface area contributed by atoms with Gasteiger partial charge in [0, 0.05) is 38.1 Å². The molecule has 84 valence electrons. The standard InChI is InChI=1S/C11H15N5/c1-10-2-4-13-11(14-10)16-8-6-15(5-3-12)7-9-16/h2,4H,5-9H2,1H3. The van der Waals surface area contributed by atoms with Crippen LogP contribution in [0.25, 0.3) is 0 Å². The predicted molar refractivity (Wildman–Crippen MR) is 61.0 cm³/mol. The molecule has 2 rings (SSSR count). The zero-order valence-corrected chi connectivity index (χ0v) is 9.43. The van der Waals surface area contributed by atoms with E-state index < -0.39 is 0 Å². The Morgan fingerprint density at radius 2 is 2.12 bits per heavy atom. The summed E-state index contributed by atoms with van der Waals surface area (Å²) in [7, 11) is 0. The van der Waals surface area contributed by atoms with Crippen LogP contribution in [0.1, 0.15) is 5.69 Å². The van der Waals surface area contributed by atoms with Crippen molar-refractivity contribution in [2.24, 2.45) is 0 Å². The summed E-state index contributed by atoms with van der Waals surface area (Å²) in [4.78, 5) is 13.0. The van der Waals surface area contributed by atoms with Gasteiger partial charge >= 0.3 is 0 Å². The molecule has 1 aromatic heterocycles. The van der Waals surface area contributed by atoms with E-state index in [-0.39, 0.29) is 0 Å². The normalized spacial score (nSPS) is 17.1. The molecule has 0 N–H and O–H groups in total. The second-order valence-corrected chi connectivity index (χ2v) is 3.92. The fraction of sp³-hybridized carbons (Fsp3) is 0.545. The van der Waals surface area contributed by atoms with Crippen LogP contribution in [0.2, 0.25) is 0 Å². The van der Waals surface area contributed by atoms with Crippen LogP contribution in [-0.2, 0) is 0 Å². The lowest BCUT2D eigenvalue weighted by atomic mass is 10.3. The summed E-state index contributed by atoms with van der Waals surface area (Å²) in [5.41, 5.74) is 0.990. The van der Waals surface area contributed by atoms with Crippen molar-refractivity contribution >= 4 is 5.95 Å². The van der Waals surface area contributed by atoms with Crippen LogP contribution in [0.5, 0.6) is 0 Å². The Hall–Kier alpha value is -1.67. The number of piperazine rings is 1. The topological polar surface area (TPSA) is 56.1 Å². The number of nitriles is 1. The number of rotatable bonds is 2. The lowest BCUT2D eigenvalue weighted by Crippen LogP contribution is -2.47.